The van der Waals surface area contributed by atoms with Gasteiger partial charge in [-0.1, -0.05) is 50.8 Å². The van der Waals surface area contributed by atoms with Crippen molar-refractivity contribution in [1.82, 2.24) is 10.2 Å². The molecule has 2 aromatic rings. The Morgan fingerprint density at radius 1 is 1.00 bits per heavy atom. The highest BCUT2D eigenvalue weighted by molar-refractivity contribution is 7.99. The summed E-state index contributed by atoms with van der Waals surface area (Å²) in [6.45, 7) is 2.23. The van der Waals surface area contributed by atoms with Crippen molar-refractivity contribution in [2.45, 2.75) is 50.7 Å². The van der Waals surface area contributed by atoms with Gasteiger partial charge in [-0.3, -0.25) is 0 Å². The molecule has 5 heteroatoms. The highest BCUT2D eigenvalue weighted by atomic mass is 32.2. The molecule has 3 nitrogen and oxygen atoms in total. The molecule has 0 unspecified atom stereocenters. The molecule has 0 radical (unpaired) electrons. The maximum absolute atomic E-state index is 12.9. The van der Waals surface area contributed by atoms with E-state index in [9.17, 15) is 4.39 Å². The standard InChI is InChI=1S/C16H21FN2OS/c1-2-3-4-5-6-7-12-21-16-19-18-15(20-16)13-8-10-14(17)11-9-13/h8-11H,2-7,12H2,1H3. The van der Waals surface area contributed by atoms with Crippen molar-refractivity contribution in [3.05, 3.63) is 30.1 Å². The highest BCUT2D eigenvalue weighted by Gasteiger charge is 2.08. The minimum absolute atomic E-state index is 0.268. The Kier molecular flexibility index (Phi) is 6.73. The van der Waals surface area contributed by atoms with Gasteiger partial charge in [-0.25, -0.2) is 4.39 Å². The molecule has 0 fully saturated rings. The van der Waals surface area contributed by atoms with Gasteiger partial charge in [0.25, 0.3) is 5.22 Å². The molecule has 0 atom stereocenters. The Morgan fingerprint density at radius 3 is 2.48 bits per heavy atom. The van der Waals surface area contributed by atoms with Crippen molar-refractivity contribution in [2.75, 3.05) is 5.75 Å². The fourth-order valence-electron chi connectivity index (χ4n) is 2.02. The highest BCUT2D eigenvalue weighted by Crippen LogP contribution is 2.24. The molecule has 0 amide bonds. The monoisotopic (exact) mass is 308 g/mol. The maximum Gasteiger partial charge on any atom is 0.276 e. The van der Waals surface area contributed by atoms with Crippen LogP contribution in [-0.2, 0) is 0 Å². The first-order valence-electron chi connectivity index (χ1n) is 7.52. The summed E-state index contributed by atoms with van der Waals surface area (Å²) in [7, 11) is 0. The van der Waals surface area contributed by atoms with Crippen LogP contribution in [0.25, 0.3) is 11.5 Å². The Bertz CT molecular complexity index is 527. The SMILES string of the molecule is CCCCCCCCSc1nnc(-c2ccc(F)cc2)o1. The Balaban J connectivity index is 1.72. The second kappa shape index (κ2) is 8.82. The lowest BCUT2D eigenvalue weighted by molar-refractivity contribution is 0.465. The van der Waals surface area contributed by atoms with E-state index in [0.717, 1.165) is 11.3 Å². The molecule has 0 aliphatic heterocycles. The Hall–Kier alpha value is -1.36. The molecule has 0 N–H and O–H groups in total. The molecule has 0 bridgehead atoms. The number of hydrogen-bond acceptors (Lipinski definition) is 4. The molecule has 21 heavy (non-hydrogen) atoms. The molecule has 1 aromatic carbocycles. The lowest BCUT2D eigenvalue weighted by Crippen LogP contribution is -1.82. The second-order valence-corrected chi connectivity index (χ2v) is 6.04. The van der Waals surface area contributed by atoms with Crippen LogP contribution in [-0.4, -0.2) is 16.0 Å². The number of halogens is 1. The molecular weight excluding hydrogens is 287 g/mol. The number of hydrogen-bond donors (Lipinski definition) is 0. The zero-order valence-electron chi connectivity index (χ0n) is 12.3. The molecule has 1 heterocycles. The molecule has 2 rings (SSSR count). The van der Waals surface area contributed by atoms with Gasteiger partial charge in [-0.15, -0.1) is 10.2 Å². The summed E-state index contributed by atoms with van der Waals surface area (Å²) in [4.78, 5) is 0. The topological polar surface area (TPSA) is 38.9 Å². The summed E-state index contributed by atoms with van der Waals surface area (Å²) in [5.41, 5.74) is 0.746. The van der Waals surface area contributed by atoms with E-state index >= 15 is 0 Å². The maximum atomic E-state index is 12.9. The van der Waals surface area contributed by atoms with Gasteiger partial charge in [0.15, 0.2) is 0 Å². The lowest BCUT2D eigenvalue weighted by atomic mass is 10.1. The number of nitrogens with zero attached hydrogens (tertiary/aromatic N) is 2. The fraction of sp³-hybridized carbons (Fsp3) is 0.500. The summed E-state index contributed by atoms with van der Waals surface area (Å²) in [5, 5.41) is 8.60. The van der Waals surface area contributed by atoms with E-state index in [2.05, 4.69) is 17.1 Å². The largest absolute Gasteiger partial charge is 0.411 e. The van der Waals surface area contributed by atoms with Gasteiger partial charge in [-0.2, -0.15) is 0 Å². The average molecular weight is 308 g/mol. The Morgan fingerprint density at radius 2 is 1.71 bits per heavy atom. The average Bonchev–Trinajstić information content (AvgIpc) is 2.96. The minimum atomic E-state index is -0.268. The van der Waals surface area contributed by atoms with Crippen molar-refractivity contribution < 1.29 is 8.81 Å². The second-order valence-electron chi connectivity index (χ2n) is 5.00. The zero-order chi connectivity index (χ0) is 14.9. The van der Waals surface area contributed by atoms with Crippen LogP contribution in [0.1, 0.15) is 45.4 Å². The van der Waals surface area contributed by atoms with Gasteiger partial charge in [0, 0.05) is 11.3 Å². The quantitative estimate of drug-likeness (QED) is 0.463. The normalized spacial score (nSPS) is 11.0. The molecule has 1 aromatic heterocycles. The van der Waals surface area contributed by atoms with Crippen molar-refractivity contribution in [3.8, 4) is 11.5 Å². The van der Waals surface area contributed by atoms with Crippen LogP contribution in [0, 0.1) is 5.82 Å². The van der Waals surface area contributed by atoms with Gasteiger partial charge in [0.2, 0.25) is 5.89 Å². The van der Waals surface area contributed by atoms with Gasteiger partial charge in [-0.05, 0) is 30.7 Å². The van der Waals surface area contributed by atoms with Crippen LogP contribution in [0.15, 0.2) is 33.9 Å². The van der Waals surface area contributed by atoms with Gasteiger partial charge < -0.3 is 4.42 Å². The smallest absolute Gasteiger partial charge is 0.276 e. The number of benzene rings is 1. The van der Waals surface area contributed by atoms with Crippen molar-refractivity contribution in [1.29, 1.82) is 0 Å². The van der Waals surface area contributed by atoms with Crippen molar-refractivity contribution >= 4 is 11.8 Å². The summed E-state index contributed by atoms with van der Waals surface area (Å²) in [6, 6.07) is 6.07. The summed E-state index contributed by atoms with van der Waals surface area (Å²) in [5.74, 6) is 1.17. The van der Waals surface area contributed by atoms with Gasteiger partial charge in [0.05, 0.1) is 0 Å². The van der Waals surface area contributed by atoms with E-state index in [-0.39, 0.29) is 5.82 Å². The molecule has 0 aliphatic rings. The summed E-state index contributed by atoms with van der Waals surface area (Å²) in [6.07, 6.45) is 7.67. The van der Waals surface area contributed by atoms with Gasteiger partial charge >= 0.3 is 0 Å². The lowest BCUT2D eigenvalue weighted by Gasteiger charge is -1.98. The van der Waals surface area contributed by atoms with E-state index in [0.29, 0.717) is 11.1 Å². The summed E-state index contributed by atoms with van der Waals surface area (Å²) < 4.78 is 18.4. The van der Waals surface area contributed by atoms with E-state index in [1.165, 1.54) is 50.7 Å². The Labute approximate surface area is 129 Å². The van der Waals surface area contributed by atoms with Crippen LogP contribution in [0.5, 0.6) is 0 Å². The number of aromatic nitrogens is 2. The molecular formula is C16H21FN2OS. The number of thioether (sulfide) groups is 1. The number of rotatable bonds is 9. The van der Waals surface area contributed by atoms with Crippen LogP contribution in [0.3, 0.4) is 0 Å². The van der Waals surface area contributed by atoms with E-state index in [1.54, 1.807) is 23.9 Å². The predicted octanol–water partition coefficient (Wildman–Crippen LogP) is 5.33. The summed E-state index contributed by atoms with van der Waals surface area (Å²) >= 11 is 1.59. The fourth-order valence-corrected chi connectivity index (χ4v) is 2.78. The van der Waals surface area contributed by atoms with E-state index in [1.807, 2.05) is 0 Å². The van der Waals surface area contributed by atoms with Crippen molar-refractivity contribution in [3.63, 3.8) is 0 Å². The third-order valence-corrected chi connectivity index (χ3v) is 4.13. The minimum Gasteiger partial charge on any atom is -0.411 e. The van der Waals surface area contributed by atoms with E-state index in [4.69, 9.17) is 4.42 Å². The van der Waals surface area contributed by atoms with E-state index < -0.39 is 0 Å². The third kappa shape index (κ3) is 5.50. The van der Waals surface area contributed by atoms with Crippen LogP contribution in [0.4, 0.5) is 4.39 Å². The molecule has 0 aliphatic carbocycles. The number of unbranched alkanes of at least 4 members (excludes halogenated alkanes) is 5. The first-order valence-corrected chi connectivity index (χ1v) is 8.50. The molecule has 0 spiro atoms. The van der Waals surface area contributed by atoms with Crippen LogP contribution >= 0.6 is 11.8 Å². The predicted molar refractivity (Wildman–Crippen MR) is 83.8 cm³/mol. The zero-order valence-corrected chi connectivity index (χ0v) is 13.2. The van der Waals surface area contributed by atoms with Crippen LogP contribution in [0.2, 0.25) is 0 Å². The first kappa shape index (κ1) is 16.0. The van der Waals surface area contributed by atoms with Crippen molar-refractivity contribution in [2.24, 2.45) is 0 Å². The first-order chi connectivity index (χ1) is 10.3. The van der Waals surface area contributed by atoms with Crippen LogP contribution < -0.4 is 0 Å². The molecule has 0 saturated heterocycles. The van der Waals surface area contributed by atoms with Gasteiger partial charge in [0.1, 0.15) is 5.82 Å². The molecule has 0 saturated carbocycles. The molecule has 114 valence electrons. The third-order valence-electron chi connectivity index (χ3n) is 3.22.